The third kappa shape index (κ3) is 1.89. The van der Waals surface area contributed by atoms with Gasteiger partial charge in [-0.25, -0.2) is 15.0 Å². The SMILES string of the molecule is Cc1nc(C2CCC(C)CC2)c2ncn(C)c2n1. The summed E-state index contributed by atoms with van der Waals surface area (Å²) in [5, 5.41) is 0. The molecule has 1 fully saturated rings. The first kappa shape index (κ1) is 11.6. The van der Waals surface area contributed by atoms with E-state index in [0.717, 1.165) is 22.9 Å². The van der Waals surface area contributed by atoms with Crippen molar-refractivity contribution in [2.45, 2.75) is 45.4 Å². The number of imidazole rings is 1. The maximum atomic E-state index is 4.68. The topological polar surface area (TPSA) is 43.6 Å². The quantitative estimate of drug-likeness (QED) is 0.774. The molecule has 0 saturated heterocycles. The van der Waals surface area contributed by atoms with Crippen LogP contribution in [0.5, 0.6) is 0 Å². The van der Waals surface area contributed by atoms with Crippen molar-refractivity contribution in [3.05, 3.63) is 17.8 Å². The average molecular weight is 244 g/mol. The Bertz CT molecular complexity index is 564. The van der Waals surface area contributed by atoms with Crippen LogP contribution in [0, 0.1) is 12.8 Å². The van der Waals surface area contributed by atoms with Crippen LogP contribution in [-0.4, -0.2) is 19.5 Å². The van der Waals surface area contributed by atoms with Crippen molar-refractivity contribution in [3.63, 3.8) is 0 Å². The third-order valence-electron chi connectivity index (χ3n) is 4.10. The third-order valence-corrected chi connectivity index (χ3v) is 4.10. The lowest BCUT2D eigenvalue weighted by Crippen LogP contribution is -2.13. The molecule has 2 heterocycles. The van der Waals surface area contributed by atoms with Gasteiger partial charge in [0.15, 0.2) is 5.65 Å². The molecule has 4 heteroatoms. The molecule has 2 aromatic rings. The maximum Gasteiger partial charge on any atom is 0.163 e. The lowest BCUT2D eigenvalue weighted by molar-refractivity contribution is 0.345. The van der Waals surface area contributed by atoms with E-state index < -0.39 is 0 Å². The van der Waals surface area contributed by atoms with Gasteiger partial charge in [0.25, 0.3) is 0 Å². The van der Waals surface area contributed by atoms with Gasteiger partial charge in [0.1, 0.15) is 11.3 Å². The second-order valence-electron chi connectivity index (χ2n) is 5.64. The average Bonchev–Trinajstić information content (AvgIpc) is 2.71. The van der Waals surface area contributed by atoms with Crippen molar-refractivity contribution in [3.8, 4) is 0 Å². The van der Waals surface area contributed by atoms with E-state index in [4.69, 9.17) is 0 Å². The Kier molecular flexibility index (Phi) is 2.80. The van der Waals surface area contributed by atoms with Crippen LogP contribution in [0.15, 0.2) is 6.33 Å². The highest BCUT2D eigenvalue weighted by Gasteiger charge is 2.24. The summed E-state index contributed by atoms with van der Waals surface area (Å²) in [5.41, 5.74) is 3.14. The zero-order valence-electron chi connectivity index (χ0n) is 11.3. The molecule has 0 N–H and O–H groups in total. The highest BCUT2D eigenvalue weighted by Crippen LogP contribution is 2.36. The molecular formula is C14H20N4. The minimum atomic E-state index is 0.570. The number of rotatable bonds is 1. The molecule has 96 valence electrons. The predicted molar refractivity (Wildman–Crippen MR) is 71.4 cm³/mol. The summed E-state index contributed by atoms with van der Waals surface area (Å²) in [6.07, 6.45) is 6.93. The molecule has 2 aromatic heterocycles. The largest absolute Gasteiger partial charge is 0.318 e. The Morgan fingerprint density at radius 1 is 1.17 bits per heavy atom. The Labute approximate surface area is 107 Å². The molecule has 1 saturated carbocycles. The lowest BCUT2D eigenvalue weighted by Gasteiger charge is -2.25. The Morgan fingerprint density at radius 3 is 2.61 bits per heavy atom. The highest BCUT2D eigenvalue weighted by atomic mass is 15.1. The van der Waals surface area contributed by atoms with Crippen LogP contribution in [0.1, 0.15) is 50.0 Å². The lowest BCUT2D eigenvalue weighted by atomic mass is 9.81. The minimum absolute atomic E-state index is 0.570. The molecule has 0 aliphatic heterocycles. The number of aromatic nitrogens is 4. The second kappa shape index (κ2) is 4.34. The standard InChI is InChI=1S/C14H20N4/c1-9-4-6-11(7-5-9)12-13-14(17-10(2)16-12)18(3)8-15-13/h8-9,11H,4-7H2,1-3H3. The molecule has 0 spiro atoms. The molecule has 0 aromatic carbocycles. The van der Waals surface area contributed by atoms with Crippen LogP contribution in [0.3, 0.4) is 0 Å². The molecule has 4 nitrogen and oxygen atoms in total. The van der Waals surface area contributed by atoms with Gasteiger partial charge in [0.05, 0.1) is 12.0 Å². The van der Waals surface area contributed by atoms with E-state index in [1.54, 1.807) is 0 Å². The number of nitrogens with zero attached hydrogens (tertiary/aromatic N) is 4. The molecule has 0 radical (unpaired) electrons. The first-order valence-electron chi connectivity index (χ1n) is 6.80. The molecular weight excluding hydrogens is 224 g/mol. The molecule has 0 unspecified atom stereocenters. The molecule has 0 atom stereocenters. The number of hydrogen-bond donors (Lipinski definition) is 0. The van der Waals surface area contributed by atoms with Crippen molar-refractivity contribution >= 4 is 11.2 Å². The highest BCUT2D eigenvalue weighted by molar-refractivity contribution is 5.74. The number of hydrogen-bond acceptors (Lipinski definition) is 3. The maximum absolute atomic E-state index is 4.68. The normalized spacial score (nSPS) is 24.6. The zero-order valence-corrected chi connectivity index (χ0v) is 11.3. The van der Waals surface area contributed by atoms with Crippen LogP contribution >= 0.6 is 0 Å². The second-order valence-corrected chi connectivity index (χ2v) is 5.64. The molecule has 18 heavy (non-hydrogen) atoms. The van der Waals surface area contributed by atoms with Crippen molar-refractivity contribution in [2.75, 3.05) is 0 Å². The van der Waals surface area contributed by atoms with Gasteiger partial charge in [-0.05, 0) is 25.7 Å². The van der Waals surface area contributed by atoms with Crippen molar-refractivity contribution < 1.29 is 0 Å². The fourth-order valence-corrected chi connectivity index (χ4v) is 2.96. The van der Waals surface area contributed by atoms with Crippen molar-refractivity contribution in [2.24, 2.45) is 13.0 Å². The summed E-state index contributed by atoms with van der Waals surface area (Å²) in [6.45, 7) is 4.32. The Hall–Kier alpha value is -1.45. The van der Waals surface area contributed by atoms with Crippen LogP contribution in [0.25, 0.3) is 11.2 Å². The Balaban J connectivity index is 2.05. The van der Waals surface area contributed by atoms with Crippen LogP contribution in [-0.2, 0) is 7.05 Å². The van der Waals surface area contributed by atoms with Gasteiger partial charge < -0.3 is 4.57 Å². The van der Waals surface area contributed by atoms with E-state index in [2.05, 4.69) is 21.9 Å². The van der Waals surface area contributed by atoms with Crippen molar-refractivity contribution in [1.82, 2.24) is 19.5 Å². The predicted octanol–water partition coefficient (Wildman–Crippen LogP) is 2.97. The smallest absolute Gasteiger partial charge is 0.163 e. The Morgan fingerprint density at radius 2 is 1.89 bits per heavy atom. The van der Waals surface area contributed by atoms with E-state index in [1.165, 1.54) is 31.4 Å². The summed E-state index contributed by atoms with van der Waals surface area (Å²) < 4.78 is 1.99. The molecule has 0 amide bonds. The van der Waals surface area contributed by atoms with E-state index >= 15 is 0 Å². The van der Waals surface area contributed by atoms with E-state index in [9.17, 15) is 0 Å². The van der Waals surface area contributed by atoms with Gasteiger partial charge in [0.2, 0.25) is 0 Å². The van der Waals surface area contributed by atoms with Gasteiger partial charge in [-0.15, -0.1) is 0 Å². The molecule has 0 bridgehead atoms. The van der Waals surface area contributed by atoms with Crippen LogP contribution in [0.2, 0.25) is 0 Å². The van der Waals surface area contributed by atoms with Gasteiger partial charge in [-0.2, -0.15) is 0 Å². The van der Waals surface area contributed by atoms with Gasteiger partial charge >= 0.3 is 0 Å². The number of fused-ring (bicyclic) bond motifs is 1. The van der Waals surface area contributed by atoms with E-state index in [0.29, 0.717) is 5.92 Å². The summed E-state index contributed by atoms with van der Waals surface area (Å²) in [6, 6.07) is 0. The first-order valence-corrected chi connectivity index (χ1v) is 6.80. The minimum Gasteiger partial charge on any atom is -0.318 e. The zero-order chi connectivity index (χ0) is 12.7. The molecule has 1 aliphatic rings. The van der Waals surface area contributed by atoms with Gasteiger partial charge in [-0.1, -0.05) is 19.8 Å². The molecule has 3 rings (SSSR count). The van der Waals surface area contributed by atoms with Gasteiger partial charge in [0, 0.05) is 13.0 Å². The fourth-order valence-electron chi connectivity index (χ4n) is 2.96. The van der Waals surface area contributed by atoms with E-state index in [1.807, 2.05) is 24.9 Å². The fraction of sp³-hybridized carbons (Fsp3) is 0.643. The summed E-state index contributed by atoms with van der Waals surface area (Å²) in [7, 11) is 1.99. The van der Waals surface area contributed by atoms with Crippen LogP contribution in [0.4, 0.5) is 0 Å². The monoisotopic (exact) mass is 244 g/mol. The first-order chi connectivity index (χ1) is 8.65. The number of aryl methyl sites for hydroxylation is 2. The van der Waals surface area contributed by atoms with Crippen LogP contribution < -0.4 is 0 Å². The van der Waals surface area contributed by atoms with Crippen molar-refractivity contribution in [1.29, 1.82) is 0 Å². The summed E-state index contributed by atoms with van der Waals surface area (Å²) in [5.74, 6) is 2.29. The summed E-state index contributed by atoms with van der Waals surface area (Å²) in [4.78, 5) is 13.7. The summed E-state index contributed by atoms with van der Waals surface area (Å²) >= 11 is 0. The molecule has 1 aliphatic carbocycles. The van der Waals surface area contributed by atoms with E-state index in [-0.39, 0.29) is 0 Å². The van der Waals surface area contributed by atoms with Gasteiger partial charge in [-0.3, -0.25) is 0 Å².